The number of ketones is 1. The summed E-state index contributed by atoms with van der Waals surface area (Å²) in [6.45, 7) is 1.46. The minimum absolute atomic E-state index is 0.0387. The highest BCUT2D eigenvalue weighted by atomic mass is 16.2. The number of carbonyl (C=O) groups is 2. The third kappa shape index (κ3) is 2.74. The van der Waals surface area contributed by atoms with Gasteiger partial charge in [-0.1, -0.05) is 31.0 Å². The number of piperidine rings is 1. The zero-order valence-electron chi connectivity index (χ0n) is 14.0. The molecule has 1 aromatic heterocycles. The topological polar surface area (TPSA) is 53.2 Å². The molecule has 1 saturated carbocycles. The van der Waals surface area contributed by atoms with Gasteiger partial charge in [0.15, 0.2) is 5.78 Å². The van der Waals surface area contributed by atoms with Gasteiger partial charge in [0, 0.05) is 47.6 Å². The van der Waals surface area contributed by atoms with Gasteiger partial charge in [-0.05, 0) is 31.7 Å². The molecule has 1 aromatic carbocycles. The lowest BCUT2D eigenvalue weighted by atomic mass is 9.88. The predicted octanol–water partition coefficient (Wildman–Crippen LogP) is 3.78. The second-order valence-corrected chi connectivity index (χ2v) is 7.19. The summed E-state index contributed by atoms with van der Waals surface area (Å²) in [5, 5.41) is 1.01. The number of amides is 1. The first-order chi connectivity index (χ1) is 11.7. The fourth-order valence-corrected chi connectivity index (χ4v) is 4.29. The number of nitrogens with zero attached hydrogens (tertiary/aromatic N) is 1. The number of hydrogen-bond donors (Lipinski definition) is 1. The first-order valence-electron chi connectivity index (χ1n) is 9.13. The Labute approximate surface area is 142 Å². The van der Waals surface area contributed by atoms with Crippen molar-refractivity contribution in [1.82, 2.24) is 9.88 Å². The molecule has 1 saturated heterocycles. The number of benzene rings is 1. The van der Waals surface area contributed by atoms with E-state index in [2.05, 4.69) is 4.98 Å². The molecule has 2 heterocycles. The third-order valence-corrected chi connectivity index (χ3v) is 5.74. The lowest BCUT2D eigenvalue weighted by Gasteiger charge is -2.33. The van der Waals surface area contributed by atoms with Gasteiger partial charge in [0.05, 0.1) is 0 Å². The molecule has 24 heavy (non-hydrogen) atoms. The molecule has 0 spiro atoms. The van der Waals surface area contributed by atoms with E-state index in [1.165, 1.54) is 12.8 Å². The van der Waals surface area contributed by atoms with E-state index in [0.29, 0.717) is 5.91 Å². The molecule has 0 bridgehead atoms. The first-order valence-corrected chi connectivity index (χ1v) is 9.13. The Bertz CT molecular complexity index is 750. The smallest absolute Gasteiger partial charge is 0.225 e. The van der Waals surface area contributed by atoms with Crippen molar-refractivity contribution < 1.29 is 9.59 Å². The molecule has 0 atom stereocenters. The van der Waals surface area contributed by atoms with Crippen molar-refractivity contribution in [2.75, 3.05) is 13.1 Å². The summed E-state index contributed by atoms with van der Waals surface area (Å²) < 4.78 is 0. The number of nitrogens with one attached hydrogen (secondary N) is 1. The molecule has 2 fully saturated rings. The van der Waals surface area contributed by atoms with Crippen molar-refractivity contribution in [3.63, 3.8) is 0 Å². The van der Waals surface area contributed by atoms with Crippen LogP contribution in [-0.2, 0) is 4.79 Å². The predicted molar refractivity (Wildman–Crippen MR) is 93.9 cm³/mol. The summed E-state index contributed by atoms with van der Waals surface area (Å²) in [5.74, 6) is 0.827. The Balaban J connectivity index is 1.42. The molecular formula is C20H24N2O2. The van der Waals surface area contributed by atoms with Crippen LogP contribution < -0.4 is 0 Å². The number of para-hydroxylation sites is 1. The molecule has 4 nitrogen and oxygen atoms in total. The minimum atomic E-state index is 0.0387. The molecule has 0 unspecified atom stereocenters. The van der Waals surface area contributed by atoms with Crippen LogP contribution in [0, 0.1) is 11.8 Å². The van der Waals surface area contributed by atoms with Crippen molar-refractivity contribution in [3.05, 3.63) is 36.0 Å². The van der Waals surface area contributed by atoms with Crippen molar-refractivity contribution in [2.45, 2.75) is 38.5 Å². The monoisotopic (exact) mass is 324 g/mol. The Morgan fingerprint density at radius 1 is 0.958 bits per heavy atom. The summed E-state index contributed by atoms with van der Waals surface area (Å²) in [5.41, 5.74) is 1.81. The summed E-state index contributed by atoms with van der Waals surface area (Å²) in [6.07, 6.45) is 7.88. The van der Waals surface area contributed by atoms with Crippen LogP contribution in [0.1, 0.15) is 48.9 Å². The second-order valence-electron chi connectivity index (χ2n) is 7.19. The lowest BCUT2D eigenvalue weighted by Crippen LogP contribution is -2.42. The maximum atomic E-state index is 12.9. The van der Waals surface area contributed by atoms with E-state index >= 15 is 0 Å². The zero-order valence-corrected chi connectivity index (χ0v) is 14.0. The standard InChI is InChI=1S/C20H24N2O2/c23-19(17-13-21-18-8-4-3-7-16(17)18)14-9-11-22(12-10-14)20(24)15-5-1-2-6-15/h3-4,7-8,13-15,21H,1-2,5-6,9-12H2. The molecule has 2 aliphatic rings. The van der Waals surface area contributed by atoms with Crippen LogP contribution in [-0.4, -0.2) is 34.7 Å². The molecule has 4 rings (SSSR count). The SMILES string of the molecule is O=C(c1c[nH]c2ccccc12)C1CCN(C(=O)C2CCCC2)CC1. The summed E-state index contributed by atoms with van der Waals surface area (Å²) in [7, 11) is 0. The Kier molecular flexibility index (Phi) is 4.13. The van der Waals surface area contributed by atoms with Gasteiger partial charge in [0.25, 0.3) is 0 Å². The number of rotatable bonds is 3. The van der Waals surface area contributed by atoms with Crippen LogP contribution in [0.3, 0.4) is 0 Å². The lowest BCUT2D eigenvalue weighted by molar-refractivity contribution is -0.136. The van der Waals surface area contributed by atoms with Crippen molar-refractivity contribution in [1.29, 1.82) is 0 Å². The molecule has 1 aliphatic heterocycles. The van der Waals surface area contributed by atoms with Crippen molar-refractivity contribution in [2.24, 2.45) is 11.8 Å². The fraction of sp³-hybridized carbons (Fsp3) is 0.500. The fourth-order valence-electron chi connectivity index (χ4n) is 4.29. The van der Waals surface area contributed by atoms with Crippen molar-refractivity contribution >= 4 is 22.6 Å². The van der Waals surface area contributed by atoms with Crippen LogP contribution in [0.5, 0.6) is 0 Å². The van der Waals surface area contributed by atoms with Gasteiger partial charge in [-0.2, -0.15) is 0 Å². The van der Waals surface area contributed by atoms with Crippen LogP contribution in [0.25, 0.3) is 10.9 Å². The second kappa shape index (κ2) is 6.42. The van der Waals surface area contributed by atoms with E-state index in [-0.39, 0.29) is 17.6 Å². The van der Waals surface area contributed by atoms with Crippen LogP contribution in [0.15, 0.2) is 30.5 Å². The zero-order chi connectivity index (χ0) is 16.5. The molecule has 126 valence electrons. The Hall–Kier alpha value is -2.10. The number of hydrogen-bond acceptors (Lipinski definition) is 2. The number of likely N-dealkylation sites (tertiary alicyclic amines) is 1. The maximum absolute atomic E-state index is 12.9. The summed E-state index contributed by atoms with van der Waals surface area (Å²) in [4.78, 5) is 30.6. The number of Topliss-reactive ketones (excluding diaryl/α,β-unsaturated/α-hetero) is 1. The first kappa shape index (κ1) is 15.4. The maximum Gasteiger partial charge on any atom is 0.225 e. The molecule has 1 amide bonds. The number of fused-ring (bicyclic) bond motifs is 1. The van der Waals surface area contributed by atoms with Gasteiger partial charge in [-0.3, -0.25) is 9.59 Å². The van der Waals surface area contributed by atoms with Gasteiger partial charge in [-0.25, -0.2) is 0 Å². The minimum Gasteiger partial charge on any atom is -0.360 e. The van der Waals surface area contributed by atoms with Crippen LogP contribution in [0.2, 0.25) is 0 Å². The highest BCUT2D eigenvalue weighted by molar-refractivity contribution is 6.08. The van der Waals surface area contributed by atoms with Gasteiger partial charge >= 0.3 is 0 Å². The molecule has 2 aromatic rings. The number of H-pyrrole nitrogens is 1. The highest BCUT2D eigenvalue weighted by Gasteiger charge is 2.32. The van der Waals surface area contributed by atoms with Gasteiger partial charge in [0.1, 0.15) is 0 Å². The number of aromatic nitrogens is 1. The van der Waals surface area contributed by atoms with E-state index in [4.69, 9.17) is 0 Å². The van der Waals surface area contributed by atoms with Gasteiger partial charge in [0.2, 0.25) is 5.91 Å². The van der Waals surface area contributed by atoms with E-state index in [9.17, 15) is 9.59 Å². The highest BCUT2D eigenvalue weighted by Crippen LogP contribution is 2.30. The number of aromatic amines is 1. The average Bonchev–Trinajstić information content (AvgIpc) is 3.30. The third-order valence-electron chi connectivity index (χ3n) is 5.74. The Morgan fingerprint density at radius 3 is 2.42 bits per heavy atom. The van der Waals surface area contributed by atoms with E-state index < -0.39 is 0 Å². The van der Waals surface area contributed by atoms with Crippen LogP contribution >= 0.6 is 0 Å². The normalized spacial score (nSPS) is 19.9. The molecule has 1 N–H and O–H groups in total. The van der Waals surface area contributed by atoms with Gasteiger partial charge in [-0.15, -0.1) is 0 Å². The summed E-state index contributed by atoms with van der Waals surface area (Å²) in [6, 6.07) is 7.93. The van der Waals surface area contributed by atoms with Crippen LogP contribution in [0.4, 0.5) is 0 Å². The van der Waals surface area contributed by atoms with E-state index in [1.807, 2.05) is 35.4 Å². The summed E-state index contributed by atoms with van der Waals surface area (Å²) >= 11 is 0. The Morgan fingerprint density at radius 2 is 1.67 bits per heavy atom. The largest absolute Gasteiger partial charge is 0.360 e. The molecule has 4 heteroatoms. The molecule has 1 aliphatic carbocycles. The number of carbonyl (C=O) groups excluding carboxylic acids is 2. The quantitative estimate of drug-likeness (QED) is 0.874. The van der Waals surface area contributed by atoms with Gasteiger partial charge < -0.3 is 9.88 Å². The van der Waals surface area contributed by atoms with E-state index in [1.54, 1.807) is 0 Å². The molecular weight excluding hydrogens is 300 g/mol. The van der Waals surface area contributed by atoms with E-state index in [0.717, 1.165) is 55.2 Å². The van der Waals surface area contributed by atoms with Crippen molar-refractivity contribution in [3.8, 4) is 0 Å². The molecule has 0 radical (unpaired) electrons. The average molecular weight is 324 g/mol.